The van der Waals surface area contributed by atoms with Gasteiger partial charge in [0.25, 0.3) is 5.91 Å². The molecule has 1 saturated heterocycles. The molecule has 0 spiro atoms. The zero-order valence-corrected chi connectivity index (χ0v) is 26.4. The van der Waals surface area contributed by atoms with Crippen LogP contribution < -0.4 is 19.5 Å². The molecule has 1 N–H and O–H groups in total. The van der Waals surface area contributed by atoms with Gasteiger partial charge in [0.2, 0.25) is 5.88 Å². The van der Waals surface area contributed by atoms with Gasteiger partial charge in [0, 0.05) is 18.5 Å². The summed E-state index contributed by atoms with van der Waals surface area (Å²) in [7, 11) is 0. The quantitative estimate of drug-likeness (QED) is 0.196. The lowest BCUT2D eigenvalue weighted by molar-refractivity contribution is 0.0889. The Morgan fingerprint density at radius 2 is 1.62 bits per heavy atom. The molecule has 9 heteroatoms. The number of ether oxygens (including phenoxy) is 3. The highest BCUT2D eigenvalue weighted by atomic mass is 32.2. The number of rotatable bonds is 13. The van der Waals surface area contributed by atoms with Crippen LogP contribution in [-0.2, 0) is 6.61 Å². The van der Waals surface area contributed by atoms with Crippen molar-refractivity contribution in [2.24, 2.45) is 11.8 Å². The standard InChI is InChI=1S/C36H41FN2O5S/c37-27-19-32(36(38-21-27)44-29-14-16-45-17-15-29)33(40)18-24-8-10-28(11-9-24)39-35(41)31-13-12-30(20-34(31)43-23-26-6-7-26)42-22-25-4-2-1-3-5-25/h1-5,12-13,19-21,24,26,28-29H,6-11,14-18,22-23H2,(H,39,41). The summed E-state index contributed by atoms with van der Waals surface area (Å²) >= 11 is 1.89. The molecule has 3 fully saturated rings. The highest BCUT2D eigenvalue weighted by Crippen LogP contribution is 2.34. The first-order valence-electron chi connectivity index (χ1n) is 16.2. The third kappa shape index (κ3) is 9.00. The average Bonchev–Trinajstić information content (AvgIpc) is 3.90. The van der Waals surface area contributed by atoms with Crippen LogP contribution in [0.15, 0.2) is 60.8 Å². The fourth-order valence-corrected chi connectivity index (χ4v) is 7.01. The van der Waals surface area contributed by atoms with Crippen molar-refractivity contribution >= 4 is 23.5 Å². The van der Waals surface area contributed by atoms with Crippen molar-refractivity contribution in [2.75, 3.05) is 18.1 Å². The number of carbonyl (C=O) groups is 2. The van der Waals surface area contributed by atoms with Crippen LogP contribution in [0.3, 0.4) is 0 Å². The van der Waals surface area contributed by atoms with Gasteiger partial charge in [-0.05, 0) is 98.5 Å². The van der Waals surface area contributed by atoms with Crippen LogP contribution in [0.2, 0.25) is 0 Å². The molecule has 0 bridgehead atoms. The number of amides is 1. The van der Waals surface area contributed by atoms with Gasteiger partial charge in [-0.1, -0.05) is 30.3 Å². The van der Waals surface area contributed by atoms with Crippen LogP contribution in [0.4, 0.5) is 4.39 Å². The molecule has 1 aliphatic heterocycles. The number of benzene rings is 2. The molecule has 2 aromatic carbocycles. The van der Waals surface area contributed by atoms with Gasteiger partial charge in [0.1, 0.15) is 30.0 Å². The molecule has 2 heterocycles. The van der Waals surface area contributed by atoms with Crippen molar-refractivity contribution in [1.82, 2.24) is 10.3 Å². The molecule has 1 amide bonds. The largest absolute Gasteiger partial charge is 0.492 e. The second-order valence-electron chi connectivity index (χ2n) is 12.4. The van der Waals surface area contributed by atoms with Crippen LogP contribution in [-0.4, -0.2) is 46.9 Å². The Morgan fingerprint density at radius 3 is 2.38 bits per heavy atom. The number of ketones is 1. The maximum Gasteiger partial charge on any atom is 0.255 e. The maximum absolute atomic E-state index is 14.1. The number of hydrogen-bond acceptors (Lipinski definition) is 7. The van der Waals surface area contributed by atoms with Gasteiger partial charge in [0.05, 0.1) is 23.9 Å². The lowest BCUT2D eigenvalue weighted by atomic mass is 9.82. The van der Waals surface area contributed by atoms with Crippen LogP contribution in [0.5, 0.6) is 17.4 Å². The van der Waals surface area contributed by atoms with Crippen LogP contribution >= 0.6 is 11.8 Å². The number of Topliss-reactive ketones (excluding diaryl/α,β-unsaturated/α-hetero) is 1. The highest BCUT2D eigenvalue weighted by molar-refractivity contribution is 7.99. The molecule has 238 valence electrons. The number of thioether (sulfide) groups is 1. The molecule has 0 atom stereocenters. The Hall–Kier alpha value is -3.59. The van der Waals surface area contributed by atoms with Gasteiger partial charge in [-0.15, -0.1) is 0 Å². The first-order valence-corrected chi connectivity index (χ1v) is 17.3. The van der Waals surface area contributed by atoms with E-state index in [2.05, 4.69) is 10.3 Å². The van der Waals surface area contributed by atoms with Gasteiger partial charge in [-0.3, -0.25) is 9.59 Å². The highest BCUT2D eigenvalue weighted by Gasteiger charge is 2.29. The number of nitrogens with one attached hydrogen (secondary N) is 1. The van der Waals surface area contributed by atoms with Crippen molar-refractivity contribution in [2.45, 2.75) is 76.5 Å². The van der Waals surface area contributed by atoms with E-state index in [1.165, 1.54) is 6.07 Å². The zero-order valence-electron chi connectivity index (χ0n) is 25.5. The Morgan fingerprint density at radius 1 is 0.867 bits per heavy atom. The van der Waals surface area contributed by atoms with E-state index in [0.29, 0.717) is 42.6 Å². The Kier molecular flexibility index (Phi) is 10.6. The van der Waals surface area contributed by atoms with Crippen LogP contribution in [0, 0.1) is 17.7 Å². The van der Waals surface area contributed by atoms with Crippen molar-refractivity contribution < 1.29 is 28.2 Å². The number of aromatic nitrogens is 1. The first kappa shape index (κ1) is 31.4. The SMILES string of the molecule is O=C(NC1CCC(CC(=O)c2cc(F)cnc2OC2CCSCC2)CC1)c1ccc(OCc2ccccc2)cc1OCC1CC1. The summed E-state index contributed by atoms with van der Waals surface area (Å²) < 4.78 is 32.3. The molecule has 2 aliphatic carbocycles. The van der Waals surface area contributed by atoms with E-state index in [-0.39, 0.29) is 41.2 Å². The van der Waals surface area contributed by atoms with Gasteiger partial charge >= 0.3 is 0 Å². The second kappa shape index (κ2) is 15.1. The molecule has 6 rings (SSSR count). The monoisotopic (exact) mass is 632 g/mol. The topological polar surface area (TPSA) is 86.8 Å². The number of nitrogens with zero attached hydrogens (tertiary/aromatic N) is 1. The second-order valence-corrected chi connectivity index (χ2v) is 13.7. The van der Waals surface area contributed by atoms with Gasteiger partial charge < -0.3 is 19.5 Å². The molecule has 2 saturated carbocycles. The molecule has 0 radical (unpaired) electrons. The van der Waals surface area contributed by atoms with E-state index in [4.69, 9.17) is 14.2 Å². The number of halogens is 1. The minimum absolute atomic E-state index is 0.00690. The fourth-order valence-electron chi connectivity index (χ4n) is 5.95. The van der Waals surface area contributed by atoms with Crippen molar-refractivity contribution in [3.05, 3.63) is 83.3 Å². The van der Waals surface area contributed by atoms with E-state index < -0.39 is 5.82 Å². The number of hydrogen-bond donors (Lipinski definition) is 1. The lowest BCUT2D eigenvalue weighted by Gasteiger charge is -2.29. The Labute approximate surface area is 268 Å². The minimum atomic E-state index is -0.535. The maximum atomic E-state index is 14.1. The molecule has 1 aromatic heterocycles. The molecule has 3 aromatic rings. The van der Waals surface area contributed by atoms with Crippen LogP contribution in [0.25, 0.3) is 0 Å². The summed E-state index contributed by atoms with van der Waals surface area (Å²) in [6, 6.07) is 16.6. The van der Waals surface area contributed by atoms with E-state index in [9.17, 15) is 14.0 Å². The lowest BCUT2D eigenvalue weighted by Crippen LogP contribution is -2.38. The summed E-state index contributed by atoms with van der Waals surface area (Å²) in [5.74, 6) is 3.34. The van der Waals surface area contributed by atoms with E-state index in [1.54, 1.807) is 6.07 Å². The predicted molar refractivity (Wildman–Crippen MR) is 173 cm³/mol. The predicted octanol–water partition coefficient (Wildman–Crippen LogP) is 7.42. The summed E-state index contributed by atoms with van der Waals surface area (Å²) in [5, 5.41) is 3.20. The fraction of sp³-hybridized carbons (Fsp3) is 0.472. The van der Waals surface area contributed by atoms with Gasteiger partial charge in [-0.2, -0.15) is 11.8 Å². The molecule has 45 heavy (non-hydrogen) atoms. The first-order chi connectivity index (χ1) is 22.0. The molecule has 3 aliphatic rings. The number of pyridine rings is 1. The number of carbonyl (C=O) groups excluding carboxylic acids is 2. The normalized spacial score (nSPS) is 20.3. The summed E-state index contributed by atoms with van der Waals surface area (Å²) in [4.78, 5) is 30.8. The zero-order chi connectivity index (χ0) is 31.0. The van der Waals surface area contributed by atoms with Crippen LogP contribution in [0.1, 0.15) is 84.1 Å². The summed E-state index contributed by atoms with van der Waals surface area (Å²) in [5.41, 5.74) is 1.80. The summed E-state index contributed by atoms with van der Waals surface area (Å²) in [6.45, 7) is 1.03. The smallest absolute Gasteiger partial charge is 0.255 e. The third-order valence-electron chi connectivity index (χ3n) is 8.84. The van der Waals surface area contributed by atoms with E-state index in [1.807, 2.05) is 54.2 Å². The minimum Gasteiger partial charge on any atom is -0.492 e. The third-order valence-corrected chi connectivity index (χ3v) is 9.89. The molecule has 7 nitrogen and oxygen atoms in total. The van der Waals surface area contributed by atoms with Crippen molar-refractivity contribution in [3.8, 4) is 17.4 Å². The Balaban J connectivity index is 1.03. The average molecular weight is 633 g/mol. The van der Waals surface area contributed by atoms with E-state index >= 15 is 0 Å². The van der Waals surface area contributed by atoms with Gasteiger partial charge in [-0.25, -0.2) is 9.37 Å². The van der Waals surface area contributed by atoms with Gasteiger partial charge in [0.15, 0.2) is 5.78 Å². The Bertz CT molecular complexity index is 1450. The van der Waals surface area contributed by atoms with Crippen molar-refractivity contribution in [1.29, 1.82) is 0 Å². The van der Waals surface area contributed by atoms with E-state index in [0.717, 1.165) is 74.6 Å². The molecule has 0 unspecified atom stereocenters. The molecular weight excluding hydrogens is 591 g/mol. The summed E-state index contributed by atoms with van der Waals surface area (Å²) in [6.07, 6.45) is 8.67. The molecular formula is C36H41FN2O5S. The van der Waals surface area contributed by atoms with Crippen molar-refractivity contribution in [3.63, 3.8) is 0 Å².